The maximum atomic E-state index is 11.9. The molecule has 1 aliphatic rings. The lowest BCUT2D eigenvalue weighted by molar-refractivity contribution is -0.117. The van der Waals surface area contributed by atoms with Crippen molar-refractivity contribution in [2.45, 2.75) is 24.2 Å². The Hall–Kier alpha value is -1.44. The lowest BCUT2D eigenvalue weighted by Crippen LogP contribution is -2.30. The Morgan fingerprint density at radius 1 is 1.35 bits per heavy atom. The Labute approximate surface area is 118 Å². The van der Waals surface area contributed by atoms with E-state index in [1.807, 2.05) is 0 Å². The van der Waals surface area contributed by atoms with Crippen LogP contribution in [0.25, 0.3) is 0 Å². The van der Waals surface area contributed by atoms with Crippen LogP contribution in [-0.4, -0.2) is 27.4 Å². The largest absolute Gasteiger partial charge is 0.326 e. The smallest absolute Gasteiger partial charge is 0.238 e. The Morgan fingerprint density at radius 2 is 2.05 bits per heavy atom. The number of hydrogen-bond acceptors (Lipinski definition) is 4. The van der Waals surface area contributed by atoms with Crippen LogP contribution >= 0.6 is 0 Å². The zero-order chi connectivity index (χ0) is 14.6. The number of nitrogens with one attached hydrogen (secondary N) is 2. The second kappa shape index (κ2) is 6.34. The van der Waals surface area contributed by atoms with Gasteiger partial charge < -0.3 is 10.6 Å². The molecule has 7 heteroatoms. The van der Waals surface area contributed by atoms with E-state index >= 15 is 0 Å². The average molecular weight is 297 g/mol. The van der Waals surface area contributed by atoms with Crippen molar-refractivity contribution in [1.29, 1.82) is 0 Å². The Bertz CT molecular complexity index is 580. The molecular weight excluding hydrogens is 278 g/mol. The fourth-order valence-electron chi connectivity index (χ4n) is 2.31. The first-order valence-electron chi connectivity index (χ1n) is 6.58. The summed E-state index contributed by atoms with van der Waals surface area (Å²) in [5, 5.41) is 11.0. The van der Waals surface area contributed by atoms with Crippen LogP contribution in [0.5, 0.6) is 0 Å². The number of benzene rings is 1. The van der Waals surface area contributed by atoms with Gasteiger partial charge in [0.2, 0.25) is 15.9 Å². The highest BCUT2D eigenvalue weighted by atomic mass is 32.2. The summed E-state index contributed by atoms with van der Waals surface area (Å²) in [5.74, 6) is 0.293. The van der Waals surface area contributed by atoms with E-state index in [0.29, 0.717) is 18.0 Å². The van der Waals surface area contributed by atoms with Gasteiger partial charge in [-0.05, 0) is 50.0 Å². The van der Waals surface area contributed by atoms with Crippen LogP contribution in [0, 0.1) is 5.92 Å². The van der Waals surface area contributed by atoms with Crippen molar-refractivity contribution < 1.29 is 13.2 Å². The van der Waals surface area contributed by atoms with Crippen molar-refractivity contribution in [2.75, 3.05) is 18.4 Å². The molecule has 1 aliphatic heterocycles. The van der Waals surface area contributed by atoms with Gasteiger partial charge in [-0.2, -0.15) is 0 Å². The molecule has 4 N–H and O–H groups in total. The SMILES string of the molecule is NS(=O)(=O)c1cccc(NC(=O)CC2CCNCC2)c1. The van der Waals surface area contributed by atoms with Crippen LogP contribution < -0.4 is 15.8 Å². The first kappa shape index (κ1) is 15.0. The number of nitrogens with two attached hydrogens (primary N) is 1. The second-order valence-electron chi connectivity index (χ2n) is 5.02. The van der Waals surface area contributed by atoms with Crippen LogP contribution in [0.1, 0.15) is 19.3 Å². The van der Waals surface area contributed by atoms with E-state index < -0.39 is 10.0 Å². The average Bonchev–Trinajstić information content (AvgIpc) is 2.39. The van der Waals surface area contributed by atoms with Crippen LogP contribution in [0.3, 0.4) is 0 Å². The maximum absolute atomic E-state index is 11.9. The van der Waals surface area contributed by atoms with Gasteiger partial charge in [0.25, 0.3) is 0 Å². The zero-order valence-electron chi connectivity index (χ0n) is 11.1. The molecule has 0 atom stereocenters. The molecule has 20 heavy (non-hydrogen) atoms. The molecule has 1 amide bonds. The molecule has 0 saturated carbocycles. The maximum Gasteiger partial charge on any atom is 0.238 e. The van der Waals surface area contributed by atoms with Crippen molar-refractivity contribution >= 4 is 21.6 Å². The lowest BCUT2D eigenvalue weighted by atomic mass is 9.94. The third-order valence-electron chi connectivity index (χ3n) is 3.38. The number of carbonyl (C=O) groups is 1. The Balaban J connectivity index is 1.97. The van der Waals surface area contributed by atoms with Gasteiger partial charge in [-0.15, -0.1) is 0 Å². The molecule has 6 nitrogen and oxygen atoms in total. The fourth-order valence-corrected chi connectivity index (χ4v) is 2.87. The molecule has 0 aliphatic carbocycles. The lowest BCUT2D eigenvalue weighted by Gasteiger charge is -2.21. The molecule has 0 aromatic heterocycles. The van der Waals surface area contributed by atoms with Crippen molar-refractivity contribution in [3.8, 4) is 0 Å². The number of anilines is 1. The molecule has 1 aromatic carbocycles. The predicted molar refractivity (Wildman–Crippen MR) is 76.7 cm³/mol. The topological polar surface area (TPSA) is 101 Å². The van der Waals surface area contributed by atoms with E-state index in [1.165, 1.54) is 12.1 Å². The van der Waals surface area contributed by atoms with E-state index in [2.05, 4.69) is 10.6 Å². The van der Waals surface area contributed by atoms with Gasteiger partial charge in [-0.25, -0.2) is 13.6 Å². The highest BCUT2D eigenvalue weighted by Crippen LogP contribution is 2.18. The van der Waals surface area contributed by atoms with Gasteiger partial charge in [-0.1, -0.05) is 6.07 Å². The molecule has 1 saturated heterocycles. The minimum atomic E-state index is -3.75. The second-order valence-corrected chi connectivity index (χ2v) is 6.58. The number of hydrogen-bond donors (Lipinski definition) is 3. The molecule has 1 fully saturated rings. The van der Waals surface area contributed by atoms with Gasteiger partial charge in [0, 0.05) is 12.1 Å². The summed E-state index contributed by atoms with van der Waals surface area (Å²) >= 11 is 0. The highest BCUT2D eigenvalue weighted by molar-refractivity contribution is 7.89. The minimum Gasteiger partial charge on any atom is -0.326 e. The third kappa shape index (κ3) is 4.29. The quantitative estimate of drug-likeness (QED) is 0.760. The number of rotatable bonds is 4. The normalized spacial score (nSPS) is 16.9. The Morgan fingerprint density at radius 3 is 2.70 bits per heavy atom. The summed E-state index contributed by atoms with van der Waals surface area (Å²) in [6, 6.07) is 5.97. The van der Waals surface area contributed by atoms with E-state index in [4.69, 9.17) is 5.14 Å². The standard InChI is InChI=1S/C13H19N3O3S/c14-20(18,19)12-3-1-2-11(9-12)16-13(17)8-10-4-6-15-7-5-10/h1-3,9-10,15H,4-8H2,(H,16,17)(H2,14,18,19). The molecule has 110 valence electrons. The first-order chi connectivity index (χ1) is 9.45. The van der Waals surface area contributed by atoms with E-state index in [1.54, 1.807) is 12.1 Å². The van der Waals surface area contributed by atoms with Crippen molar-refractivity contribution in [3.63, 3.8) is 0 Å². The summed E-state index contributed by atoms with van der Waals surface area (Å²) in [4.78, 5) is 11.9. The predicted octanol–water partition coefficient (Wildman–Crippen LogP) is 0.662. The van der Waals surface area contributed by atoms with Crippen LogP contribution in [-0.2, 0) is 14.8 Å². The molecule has 0 bridgehead atoms. The molecule has 0 unspecified atom stereocenters. The molecule has 1 heterocycles. The molecular formula is C13H19N3O3S. The van der Waals surface area contributed by atoms with Crippen molar-refractivity contribution in [1.82, 2.24) is 5.32 Å². The summed E-state index contributed by atoms with van der Waals surface area (Å²) in [7, 11) is -3.75. The fraction of sp³-hybridized carbons (Fsp3) is 0.462. The van der Waals surface area contributed by atoms with Gasteiger partial charge in [0.15, 0.2) is 0 Å². The minimum absolute atomic E-state index is 0.00262. The molecule has 0 spiro atoms. The van der Waals surface area contributed by atoms with Crippen molar-refractivity contribution in [2.24, 2.45) is 11.1 Å². The van der Waals surface area contributed by atoms with E-state index in [0.717, 1.165) is 25.9 Å². The molecule has 1 aromatic rings. The van der Waals surface area contributed by atoms with E-state index in [9.17, 15) is 13.2 Å². The number of carbonyl (C=O) groups excluding carboxylic acids is 1. The summed E-state index contributed by atoms with van der Waals surface area (Å²) in [6.45, 7) is 1.89. The zero-order valence-corrected chi connectivity index (χ0v) is 11.9. The van der Waals surface area contributed by atoms with E-state index in [-0.39, 0.29) is 10.8 Å². The van der Waals surface area contributed by atoms with Crippen LogP contribution in [0.4, 0.5) is 5.69 Å². The highest BCUT2D eigenvalue weighted by Gasteiger charge is 2.17. The van der Waals surface area contributed by atoms with Gasteiger partial charge >= 0.3 is 0 Å². The van der Waals surface area contributed by atoms with Crippen LogP contribution in [0.15, 0.2) is 29.2 Å². The third-order valence-corrected chi connectivity index (χ3v) is 4.29. The first-order valence-corrected chi connectivity index (χ1v) is 8.13. The van der Waals surface area contributed by atoms with Gasteiger partial charge in [-0.3, -0.25) is 4.79 Å². The molecule has 0 radical (unpaired) electrons. The monoisotopic (exact) mass is 297 g/mol. The summed E-state index contributed by atoms with van der Waals surface area (Å²) in [5.41, 5.74) is 0.454. The number of sulfonamides is 1. The molecule has 2 rings (SSSR count). The number of primary sulfonamides is 1. The summed E-state index contributed by atoms with van der Waals surface area (Å²) < 4.78 is 22.5. The van der Waals surface area contributed by atoms with Crippen LogP contribution in [0.2, 0.25) is 0 Å². The summed E-state index contributed by atoms with van der Waals surface area (Å²) in [6.07, 6.45) is 2.44. The van der Waals surface area contributed by atoms with Gasteiger partial charge in [0.1, 0.15) is 0 Å². The van der Waals surface area contributed by atoms with Crippen molar-refractivity contribution in [3.05, 3.63) is 24.3 Å². The van der Waals surface area contributed by atoms with Gasteiger partial charge in [0.05, 0.1) is 4.90 Å². The number of amides is 1. The number of piperidine rings is 1. The Kier molecular flexibility index (Phi) is 4.74.